The van der Waals surface area contributed by atoms with E-state index in [9.17, 15) is 14.4 Å². The molecule has 0 radical (unpaired) electrons. The summed E-state index contributed by atoms with van der Waals surface area (Å²) in [5, 5.41) is 0. The molecular weight excluding hydrogens is 781 g/mol. The van der Waals surface area contributed by atoms with Gasteiger partial charge in [-0.1, -0.05) is 264 Å². The second-order valence-electron chi connectivity index (χ2n) is 19.2. The summed E-state index contributed by atoms with van der Waals surface area (Å²) in [6.07, 6.45) is 59.2. The minimum absolute atomic E-state index is 0.0678. The van der Waals surface area contributed by atoms with E-state index in [2.05, 4.69) is 32.9 Å². The SMILES string of the molecule is CCCCCC/C=C\CCCCCCCC(=O)OC(COC(=O)CCCCCCCCCCCCC)COC(=O)CCCCCCCCCCCCCCCCCCCCCCC. The molecule has 0 saturated carbocycles. The molecule has 0 amide bonds. The van der Waals surface area contributed by atoms with Gasteiger partial charge in [-0.05, 0) is 44.9 Å². The van der Waals surface area contributed by atoms with Gasteiger partial charge in [0, 0.05) is 19.3 Å². The first-order valence-corrected chi connectivity index (χ1v) is 28.2. The van der Waals surface area contributed by atoms with E-state index in [0.717, 1.165) is 64.2 Å². The van der Waals surface area contributed by atoms with Crippen LogP contribution in [0.15, 0.2) is 12.2 Å². The summed E-state index contributed by atoms with van der Waals surface area (Å²) >= 11 is 0. The number of unbranched alkanes of at least 4 members (excludes halogenated alkanes) is 39. The highest BCUT2D eigenvalue weighted by molar-refractivity contribution is 5.71. The Morgan fingerprint density at radius 1 is 0.302 bits per heavy atom. The Kier molecular flexibility index (Phi) is 51.2. The highest BCUT2D eigenvalue weighted by atomic mass is 16.6. The van der Waals surface area contributed by atoms with Crippen LogP contribution in [0.4, 0.5) is 0 Å². The number of carbonyl (C=O) groups excluding carboxylic acids is 3. The first-order valence-electron chi connectivity index (χ1n) is 28.2. The minimum Gasteiger partial charge on any atom is -0.462 e. The average molecular weight is 889 g/mol. The molecule has 0 aromatic heterocycles. The largest absolute Gasteiger partial charge is 0.462 e. The Labute approximate surface area is 392 Å². The molecule has 0 aromatic carbocycles. The maximum Gasteiger partial charge on any atom is 0.306 e. The quantitative estimate of drug-likeness (QED) is 0.0262. The highest BCUT2D eigenvalue weighted by Crippen LogP contribution is 2.17. The van der Waals surface area contributed by atoms with Crippen LogP contribution in [-0.2, 0) is 28.6 Å². The normalized spacial score (nSPS) is 12.0. The van der Waals surface area contributed by atoms with Gasteiger partial charge in [-0.15, -0.1) is 0 Å². The van der Waals surface area contributed by atoms with Crippen LogP contribution in [-0.4, -0.2) is 37.2 Å². The molecule has 0 heterocycles. The van der Waals surface area contributed by atoms with E-state index < -0.39 is 6.10 Å². The molecule has 0 fully saturated rings. The maximum atomic E-state index is 12.8. The second-order valence-corrected chi connectivity index (χ2v) is 19.2. The molecule has 0 aliphatic carbocycles. The van der Waals surface area contributed by atoms with Crippen LogP contribution in [0, 0.1) is 0 Å². The van der Waals surface area contributed by atoms with Gasteiger partial charge in [0.2, 0.25) is 0 Å². The van der Waals surface area contributed by atoms with Gasteiger partial charge in [0.1, 0.15) is 13.2 Å². The molecule has 0 N–H and O–H groups in total. The molecular formula is C57H108O6. The van der Waals surface area contributed by atoms with E-state index in [1.807, 2.05) is 0 Å². The molecule has 6 heteroatoms. The van der Waals surface area contributed by atoms with Gasteiger partial charge in [0.05, 0.1) is 0 Å². The molecule has 63 heavy (non-hydrogen) atoms. The Morgan fingerprint density at radius 2 is 0.524 bits per heavy atom. The summed E-state index contributed by atoms with van der Waals surface area (Å²) < 4.78 is 16.8. The lowest BCUT2D eigenvalue weighted by Crippen LogP contribution is -2.30. The zero-order chi connectivity index (χ0) is 45.8. The maximum absolute atomic E-state index is 12.8. The third kappa shape index (κ3) is 51.0. The van der Waals surface area contributed by atoms with Gasteiger partial charge < -0.3 is 14.2 Å². The van der Waals surface area contributed by atoms with Crippen molar-refractivity contribution in [2.75, 3.05) is 13.2 Å². The van der Waals surface area contributed by atoms with Gasteiger partial charge in [-0.25, -0.2) is 0 Å². The number of esters is 3. The van der Waals surface area contributed by atoms with Crippen molar-refractivity contribution in [1.29, 1.82) is 0 Å². The van der Waals surface area contributed by atoms with E-state index in [0.29, 0.717) is 19.3 Å². The van der Waals surface area contributed by atoms with E-state index in [4.69, 9.17) is 14.2 Å². The monoisotopic (exact) mass is 889 g/mol. The van der Waals surface area contributed by atoms with Gasteiger partial charge in [-0.3, -0.25) is 14.4 Å². The lowest BCUT2D eigenvalue weighted by Gasteiger charge is -2.18. The van der Waals surface area contributed by atoms with Gasteiger partial charge >= 0.3 is 17.9 Å². The van der Waals surface area contributed by atoms with Crippen molar-refractivity contribution in [3.05, 3.63) is 12.2 Å². The zero-order valence-corrected chi connectivity index (χ0v) is 42.6. The smallest absolute Gasteiger partial charge is 0.306 e. The van der Waals surface area contributed by atoms with Crippen molar-refractivity contribution < 1.29 is 28.6 Å². The minimum atomic E-state index is -0.767. The fraction of sp³-hybridized carbons (Fsp3) is 0.912. The zero-order valence-electron chi connectivity index (χ0n) is 42.6. The fourth-order valence-electron chi connectivity index (χ4n) is 8.50. The van der Waals surface area contributed by atoms with Crippen LogP contribution in [0.3, 0.4) is 0 Å². The van der Waals surface area contributed by atoms with Crippen LogP contribution >= 0.6 is 0 Å². The van der Waals surface area contributed by atoms with E-state index >= 15 is 0 Å². The van der Waals surface area contributed by atoms with Gasteiger partial charge in [-0.2, -0.15) is 0 Å². The Hall–Kier alpha value is -1.85. The molecule has 0 saturated heterocycles. The van der Waals surface area contributed by atoms with E-state index in [1.54, 1.807) is 0 Å². The third-order valence-electron chi connectivity index (χ3n) is 12.8. The summed E-state index contributed by atoms with van der Waals surface area (Å²) in [7, 11) is 0. The number of hydrogen-bond donors (Lipinski definition) is 0. The van der Waals surface area contributed by atoms with Crippen LogP contribution in [0.5, 0.6) is 0 Å². The van der Waals surface area contributed by atoms with Gasteiger partial charge in [0.15, 0.2) is 6.10 Å². The predicted molar refractivity (Wildman–Crippen MR) is 270 cm³/mol. The second kappa shape index (κ2) is 52.8. The number of allylic oxidation sites excluding steroid dienone is 2. The van der Waals surface area contributed by atoms with E-state index in [-0.39, 0.29) is 31.1 Å². The predicted octanol–water partition coefficient (Wildman–Crippen LogP) is 18.5. The lowest BCUT2D eigenvalue weighted by molar-refractivity contribution is -0.167. The number of carbonyl (C=O) groups is 3. The first-order chi connectivity index (χ1) is 31.0. The Balaban J connectivity index is 4.22. The summed E-state index contributed by atoms with van der Waals surface area (Å²) in [6, 6.07) is 0. The van der Waals surface area contributed by atoms with E-state index in [1.165, 1.54) is 212 Å². The summed E-state index contributed by atoms with van der Waals surface area (Å²) in [5.41, 5.74) is 0. The first kappa shape index (κ1) is 61.1. The molecule has 372 valence electrons. The molecule has 0 spiro atoms. The van der Waals surface area contributed by atoms with Crippen LogP contribution in [0.2, 0.25) is 0 Å². The molecule has 0 aliphatic rings. The summed E-state index contributed by atoms with van der Waals surface area (Å²) in [4.78, 5) is 38.0. The molecule has 0 aliphatic heterocycles. The van der Waals surface area contributed by atoms with Crippen LogP contribution in [0.25, 0.3) is 0 Å². The summed E-state index contributed by atoms with van der Waals surface area (Å²) in [5.74, 6) is -0.857. The third-order valence-corrected chi connectivity index (χ3v) is 12.8. The molecule has 0 aromatic rings. The molecule has 1 atom stereocenters. The van der Waals surface area contributed by atoms with Crippen molar-refractivity contribution in [3.63, 3.8) is 0 Å². The summed E-state index contributed by atoms with van der Waals surface area (Å²) in [6.45, 7) is 6.66. The average Bonchev–Trinajstić information content (AvgIpc) is 3.28. The molecule has 6 nitrogen and oxygen atoms in total. The standard InChI is InChI=1S/C57H108O6/c1-4-7-10-13-16-19-22-24-25-26-27-28-29-30-31-33-35-38-41-44-47-50-56(59)62-53-54(52-61-55(58)49-46-43-40-37-34-21-18-15-12-9-6-3)63-57(60)51-48-45-42-39-36-32-23-20-17-14-11-8-5-2/h20,23,54H,4-19,21-22,24-53H2,1-3H3/b23-20-. The van der Waals surface area contributed by atoms with Crippen molar-refractivity contribution in [3.8, 4) is 0 Å². The number of ether oxygens (including phenoxy) is 3. The number of rotatable bonds is 52. The van der Waals surface area contributed by atoms with Crippen molar-refractivity contribution >= 4 is 17.9 Å². The van der Waals surface area contributed by atoms with Crippen molar-refractivity contribution in [2.24, 2.45) is 0 Å². The van der Waals surface area contributed by atoms with Crippen LogP contribution < -0.4 is 0 Å². The topological polar surface area (TPSA) is 78.9 Å². The van der Waals surface area contributed by atoms with Crippen molar-refractivity contribution in [2.45, 2.75) is 322 Å². The Bertz CT molecular complexity index is 978. The molecule has 0 rings (SSSR count). The fourth-order valence-corrected chi connectivity index (χ4v) is 8.50. The molecule has 0 bridgehead atoms. The number of hydrogen-bond acceptors (Lipinski definition) is 6. The van der Waals surface area contributed by atoms with Crippen molar-refractivity contribution in [1.82, 2.24) is 0 Å². The Morgan fingerprint density at radius 3 is 0.810 bits per heavy atom. The lowest BCUT2D eigenvalue weighted by atomic mass is 10.0. The van der Waals surface area contributed by atoms with Gasteiger partial charge in [0.25, 0.3) is 0 Å². The molecule has 1 unspecified atom stereocenters. The highest BCUT2D eigenvalue weighted by Gasteiger charge is 2.19. The van der Waals surface area contributed by atoms with Crippen LogP contribution in [0.1, 0.15) is 316 Å².